The summed E-state index contributed by atoms with van der Waals surface area (Å²) in [6.07, 6.45) is 0. The van der Waals surface area contributed by atoms with E-state index in [0.29, 0.717) is 27.3 Å². The molecular formula is C17H14BrClN4O2S. The highest BCUT2D eigenvalue weighted by Crippen LogP contribution is 2.31. The van der Waals surface area contributed by atoms with Crippen molar-refractivity contribution < 1.29 is 9.53 Å². The average Bonchev–Trinajstić information content (AvgIpc) is 3.09. The van der Waals surface area contributed by atoms with Gasteiger partial charge >= 0.3 is 0 Å². The van der Waals surface area contributed by atoms with E-state index in [1.807, 2.05) is 24.3 Å². The number of rotatable bonds is 6. The Hall–Kier alpha value is -2.03. The van der Waals surface area contributed by atoms with E-state index in [2.05, 4.69) is 36.4 Å². The molecule has 0 unspecified atom stereocenters. The molecule has 0 fully saturated rings. The van der Waals surface area contributed by atoms with Crippen molar-refractivity contribution in [2.24, 2.45) is 0 Å². The second-order valence-electron chi connectivity index (χ2n) is 5.16. The smallest absolute Gasteiger partial charge is 0.234 e. The summed E-state index contributed by atoms with van der Waals surface area (Å²) in [6.45, 7) is 0. The van der Waals surface area contributed by atoms with Crippen molar-refractivity contribution >= 4 is 50.9 Å². The summed E-state index contributed by atoms with van der Waals surface area (Å²) in [6, 6.07) is 12.6. The SMILES string of the molecule is COc1ccc(Cl)cc1-c1nc(SCC(=O)Nc2cccc(Br)c2)n[nH]1. The van der Waals surface area contributed by atoms with Crippen molar-refractivity contribution in [1.29, 1.82) is 0 Å². The lowest BCUT2D eigenvalue weighted by Crippen LogP contribution is -2.14. The molecule has 2 N–H and O–H groups in total. The summed E-state index contributed by atoms with van der Waals surface area (Å²) < 4.78 is 6.22. The van der Waals surface area contributed by atoms with Gasteiger partial charge in [-0.15, -0.1) is 5.10 Å². The standard InChI is InChI=1S/C17H14BrClN4O2S/c1-25-14-6-5-11(19)8-13(14)16-21-17(23-22-16)26-9-15(24)20-12-4-2-3-10(18)7-12/h2-8H,9H2,1H3,(H,20,24)(H,21,22,23). The Kier molecular flexibility index (Phi) is 6.18. The molecule has 6 nitrogen and oxygen atoms in total. The number of carbonyl (C=O) groups excluding carboxylic acids is 1. The Morgan fingerprint density at radius 2 is 2.19 bits per heavy atom. The van der Waals surface area contributed by atoms with Crippen LogP contribution in [0.25, 0.3) is 11.4 Å². The average molecular weight is 454 g/mol. The van der Waals surface area contributed by atoms with Crippen molar-refractivity contribution in [3.63, 3.8) is 0 Å². The predicted octanol–water partition coefficient (Wildman–Crippen LogP) is 4.63. The summed E-state index contributed by atoms with van der Waals surface area (Å²) in [7, 11) is 1.57. The maximum atomic E-state index is 12.1. The molecule has 3 aromatic rings. The zero-order valence-electron chi connectivity index (χ0n) is 13.6. The number of hydrogen-bond donors (Lipinski definition) is 2. The topological polar surface area (TPSA) is 79.9 Å². The second kappa shape index (κ2) is 8.57. The Morgan fingerprint density at radius 1 is 1.35 bits per heavy atom. The molecule has 134 valence electrons. The molecule has 0 aliphatic heterocycles. The van der Waals surface area contributed by atoms with Crippen molar-refractivity contribution in [3.8, 4) is 17.1 Å². The number of hydrogen-bond acceptors (Lipinski definition) is 5. The molecule has 0 aliphatic carbocycles. The summed E-state index contributed by atoms with van der Waals surface area (Å²) in [5.74, 6) is 1.21. The van der Waals surface area contributed by atoms with Gasteiger partial charge in [0.1, 0.15) is 5.75 Å². The van der Waals surface area contributed by atoms with Gasteiger partial charge in [-0.05, 0) is 36.4 Å². The minimum atomic E-state index is -0.139. The normalized spacial score (nSPS) is 10.6. The van der Waals surface area contributed by atoms with Crippen molar-refractivity contribution in [3.05, 3.63) is 52.0 Å². The van der Waals surface area contributed by atoms with Crippen molar-refractivity contribution in [2.45, 2.75) is 5.16 Å². The maximum Gasteiger partial charge on any atom is 0.234 e. The van der Waals surface area contributed by atoms with Crippen LogP contribution in [0.15, 0.2) is 52.1 Å². The highest BCUT2D eigenvalue weighted by molar-refractivity contribution is 9.10. The lowest BCUT2D eigenvalue weighted by molar-refractivity contribution is -0.113. The van der Waals surface area contributed by atoms with Gasteiger partial charge in [0.15, 0.2) is 5.82 Å². The zero-order chi connectivity index (χ0) is 18.5. The van der Waals surface area contributed by atoms with E-state index in [1.165, 1.54) is 11.8 Å². The first-order valence-corrected chi connectivity index (χ1v) is 9.65. The minimum absolute atomic E-state index is 0.139. The highest BCUT2D eigenvalue weighted by atomic mass is 79.9. The van der Waals surface area contributed by atoms with E-state index < -0.39 is 0 Å². The van der Waals surface area contributed by atoms with E-state index in [1.54, 1.807) is 25.3 Å². The van der Waals surface area contributed by atoms with Crippen LogP contribution < -0.4 is 10.1 Å². The number of aromatic amines is 1. The van der Waals surface area contributed by atoms with Crippen LogP contribution in [0.2, 0.25) is 5.02 Å². The number of benzene rings is 2. The van der Waals surface area contributed by atoms with Crippen LogP contribution >= 0.6 is 39.3 Å². The summed E-state index contributed by atoms with van der Waals surface area (Å²) in [5, 5.41) is 10.8. The van der Waals surface area contributed by atoms with Gasteiger partial charge in [0.25, 0.3) is 0 Å². The van der Waals surface area contributed by atoms with Gasteiger partial charge in [-0.25, -0.2) is 4.98 Å². The number of halogens is 2. The van der Waals surface area contributed by atoms with Gasteiger partial charge in [-0.3, -0.25) is 9.89 Å². The molecular weight excluding hydrogens is 440 g/mol. The summed E-state index contributed by atoms with van der Waals surface area (Å²) >= 11 is 10.6. The number of anilines is 1. The number of methoxy groups -OCH3 is 1. The third-order valence-electron chi connectivity index (χ3n) is 3.32. The molecule has 0 bridgehead atoms. The molecule has 0 saturated heterocycles. The lowest BCUT2D eigenvalue weighted by Gasteiger charge is -2.05. The number of H-pyrrole nitrogens is 1. The number of nitrogens with zero attached hydrogens (tertiary/aromatic N) is 2. The molecule has 1 heterocycles. The molecule has 3 rings (SSSR count). The first-order valence-electron chi connectivity index (χ1n) is 7.49. The summed E-state index contributed by atoms with van der Waals surface area (Å²) in [4.78, 5) is 16.5. The van der Waals surface area contributed by atoms with Crippen LogP contribution in [-0.2, 0) is 4.79 Å². The number of ether oxygens (including phenoxy) is 1. The van der Waals surface area contributed by atoms with E-state index in [0.717, 1.165) is 10.2 Å². The zero-order valence-corrected chi connectivity index (χ0v) is 16.8. The molecule has 2 aromatic carbocycles. The lowest BCUT2D eigenvalue weighted by atomic mass is 10.2. The van der Waals surface area contributed by atoms with Gasteiger partial charge in [0.05, 0.1) is 18.4 Å². The fourth-order valence-electron chi connectivity index (χ4n) is 2.19. The molecule has 0 saturated carbocycles. The fraction of sp³-hybridized carbons (Fsp3) is 0.118. The molecule has 0 spiro atoms. The van der Waals surface area contributed by atoms with Crippen LogP contribution in [0.3, 0.4) is 0 Å². The van der Waals surface area contributed by atoms with Crippen LogP contribution in [0, 0.1) is 0 Å². The largest absolute Gasteiger partial charge is 0.496 e. The minimum Gasteiger partial charge on any atom is -0.496 e. The molecule has 0 atom stereocenters. The Morgan fingerprint density at radius 3 is 2.96 bits per heavy atom. The number of nitrogens with one attached hydrogen (secondary N) is 2. The molecule has 9 heteroatoms. The Labute approximate surface area is 167 Å². The predicted molar refractivity (Wildman–Crippen MR) is 107 cm³/mol. The maximum absolute atomic E-state index is 12.1. The molecule has 26 heavy (non-hydrogen) atoms. The van der Waals surface area contributed by atoms with Crippen molar-refractivity contribution in [1.82, 2.24) is 15.2 Å². The first-order chi connectivity index (χ1) is 12.5. The fourth-order valence-corrected chi connectivity index (χ4v) is 3.36. The third kappa shape index (κ3) is 4.78. The van der Waals surface area contributed by atoms with Crippen LogP contribution in [0.4, 0.5) is 5.69 Å². The van der Waals surface area contributed by atoms with Gasteiger partial charge in [-0.2, -0.15) is 0 Å². The monoisotopic (exact) mass is 452 g/mol. The van der Waals surface area contributed by atoms with Crippen LogP contribution in [-0.4, -0.2) is 34.0 Å². The number of aromatic nitrogens is 3. The number of amides is 1. The molecule has 1 aromatic heterocycles. The Balaban J connectivity index is 1.64. The van der Waals surface area contributed by atoms with Gasteiger partial charge in [-0.1, -0.05) is 45.4 Å². The second-order valence-corrected chi connectivity index (χ2v) is 7.45. The molecule has 1 amide bonds. The van der Waals surface area contributed by atoms with Gasteiger partial charge in [0.2, 0.25) is 11.1 Å². The highest BCUT2D eigenvalue weighted by Gasteiger charge is 2.13. The van der Waals surface area contributed by atoms with Gasteiger partial charge < -0.3 is 10.1 Å². The number of carbonyl (C=O) groups is 1. The molecule has 0 aliphatic rings. The van der Waals surface area contributed by atoms with Crippen LogP contribution in [0.5, 0.6) is 5.75 Å². The first kappa shape index (κ1) is 18.8. The third-order valence-corrected chi connectivity index (χ3v) is 4.90. The molecule has 0 radical (unpaired) electrons. The van der Waals surface area contributed by atoms with E-state index >= 15 is 0 Å². The van der Waals surface area contributed by atoms with Crippen molar-refractivity contribution in [2.75, 3.05) is 18.2 Å². The van der Waals surface area contributed by atoms with E-state index in [9.17, 15) is 4.79 Å². The summed E-state index contributed by atoms with van der Waals surface area (Å²) in [5.41, 5.74) is 1.43. The number of thioether (sulfide) groups is 1. The van der Waals surface area contributed by atoms with Gasteiger partial charge in [0, 0.05) is 15.2 Å². The Bertz CT molecular complexity index is 935. The van der Waals surface area contributed by atoms with Crippen LogP contribution in [0.1, 0.15) is 0 Å². The van der Waals surface area contributed by atoms with E-state index in [4.69, 9.17) is 16.3 Å². The van der Waals surface area contributed by atoms with E-state index in [-0.39, 0.29) is 11.7 Å². The quantitative estimate of drug-likeness (QED) is 0.532.